The molecule has 1 aliphatic heterocycles. The molecule has 1 aromatic rings. The highest BCUT2D eigenvalue weighted by molar-refractivity contribution is 5.35. The van der Waals surface area contributed by atoms with Crippen molar-refractivity contribution in [3.63, 3.8) is 0 Å². The van der Waals surface area contributed by atoms with Gasteiger partial charge >= 0.3 is 0 Å². The number of ether oxygens (including phenoxy) is 1. The van der Waals surface area contributed by atoms with E-state index in [1.807, 2.05) is 25.2 Å². The Morgan fingerprint density at radius 3 is 3.12 bits per heavy atom. The first-order chi connectivity index (χ1) is 8.29. The summed E-state index contributed by atoms with van der Waals surface area (Å²) in [5, 5.41) is 3.01. The molecule has 1 saturated heterocycles. The van der Waals surface area contributed by atoms with Crippen LogP contribution in [0.4, 0.5) is 5.82 Å². The number of rotatable bonds is 4. The zero-order chi connectivity index (χ0) is 12.1. The van der Waals surface area contributed by atoms with E-state index < -0.39 is 0 Å². The first-order valence-electron chi connectivity index (χ1n) is 6.27. The molecule has 0 radical (unpaired) electrons. The number of pyridine rings is 1. The second kappa shape index (κ2) is 5.87. The van der Waals surface area contributed by atoms with Crippen LogP contribution in [0.25, 0.3) is 0 Å². The minimum atomic E-state index is 0.531. The molecule has 1 atom stereocenters. The van der Waals surface area contributed by atoms with Crippen LogP contribution in [-0.4, -0.2) is 43.2 Å². The molecule has 0 saturated carbocycles. The Bertz CT molecular complexity index is 356. The highest BCUT2D eigenvalue weighted by Crippen LogP contribution is 2.17. The van der Waals surface area contributed by atoms with Crippen molar-refractivity contribution in [2.45, 2.75) is 25.3 Å². The van der Waals surface area contributed by atoms with Crippen molar-refractivity contribution in [1.82, 2.24) is 9.88 Å². The summed E-state index contributed by atoms with van der Waals surface area (Å²) in [4.78, 5) is 6.73. The lowest BCUT2D eigenvalue weighted by Gasteiger charge is -2.31. The Morgan fingerprint density at radius 2 is 2.35 bits per heavy atom. The molecule has 94 valence electrons. The molecule has 0 aliphatic carbocycles. The highest BCUT2D eigenvalue weighted by atomic mass is 16.5. The van der Waals surface area contributed by atoms with Gasteiger partial charge in [0.2, 0.25) is 5.88 Å². The van der Waals surface area contributed by atoms with Gasteiger partial charge in [0.25, 0.3) is 0 Å². The molecular formula is C13H21N3O. The smallest absolute Gasteiger partial charge is 0.215 e. The standard InChI is InChI=1S/C13H21N3O/c1-14-12-7-5-8-13(15-12)17-10-11-6-3-4-9-16(11)2/h5,7-8,11H,3-4,6,9-10H2,1-2H3,(H,14,15). The molecule has 17 heavy (non-hydrogen) atoms. The lowest BCUT2D eigenvalue weighted by molar-refractivity contribution is 0.122. The number of anilines is 1. The summed E-state index contributed by atoms with van der Waals surface area (Å²) in [6.07, 6.45) is 3.84. The fraction of sp³-hybridized carbons (Fsp3) is 0.615. The maximum atomic E-state index is 5.77. The Balaban J connectivity index is 1.88. The normalized spacial score (nSPS) is 21.2. The third-order valence-corrected chi connectivity index (χ3v) is 3.32. The molecule has 1 N–H and O–H groups in total. The fourth-order valence-corrected chi connectivity index (χ4v) is 2.17. The molecule has 2 rings (SSSR count). The third-order valence-electron chi connectivity index (χ3n) is 3.32. The van der Waals surface area contributed by atoms with Gasteiger partial charge in [-0.3, -0.25) is 0 Å². The average Bonchev–Trinajstić information content (AvgIpc) is 2.38. The zero-order valence-electron chi connectivity index (χ0n) is 10.6. The number of nitrogens with one attached hydrogen (secondary N) is 1. The predicted molar refractivity (Wildman–Crippen MR) is 69.5 cm³/mol. The number of nitrogens with zero attached hydrogens (tertiary/aromatic N) is 2. The van der Waals surface area contributed by atoms with Crippen molar-refractivity contribution in [3.05, 3.63) is 18.2 Å². The molecule has 1 unspecified atom stereocenters. The van der Waals surface area contributed by atoms with Gasteiger partial charge in [0.1, 0.15) is 12.4 Å². The molecular weight excluding hydrogens is 214 g/mol. The minimum absolute atomic E-state index is 0.531. The maximum absolute atomic E-state index is 5.77. The van der Waals surface area contributed by atoms with E-state index in [-0.39, 0.29) is 0 Å². The number of piperidine rings is 1. The summed E-state index contributed by atoms with van der Waals surface area (Å²) in [5.74, 6) is 1.55. The van der Waals surface area contributed by atoms with Gasteiger partial charge in [0, 0.05) is 19.2 Å². The first-order valence-corrected chi connectivity index (χ1v) is 6.27. The monoisotopic (exact) mass is 235 g/mol. The molecule has 0 bridgehead atoms. The van der Waals surface area contributed by atoms with E-state index in [1.54, 1.807) is 0 Å². The molecule has 0 aromatic carbocycles. The van der Waals surface area contributed by atoms with Gasteiger partial charge in [0.15, 0.2) is 0 Å². The fourth-order valence-electron chi connectivity index (χ4n) is 2.17. The summed E-state index contributed by atoms with van der Waals surface area (Å²) in [5.41, 5.74) is 0. The summed E-state index contributed by atoms with van der Waals surface area (Å²) < 4.78 is 5.77. The second-order valence-corrected chi connectivity index (χ2v) is 4.55. The van der Waals surface area contributed by atoms with Crippen LogP contribution in [0.15, 0.2) is 18.2 Å². The molecule has 0 amide bonds. The van der Waals surface area contributed by atoms with Crippen molar-refractivity contribution in [2.75, 3.05) is 32.6 Å². The highest BCUT2D eigenvalue weighted by Gasteiger charge is 2.19. The van der Waals surface area contributed by atoms with Crippen LogP contribution in [0.2, 0.25) is 0 Å². The lowest BCUT2D eigenvalue weighted by Crippen LogP contribution is -2.40. The van der Waals surface area contributed by atoms with Crippen LogP contribution in [0.3, 0.4) is 0 Å². The zero-order valence-corrected chi connectivity index (χ0v) is 10.6. The molecule has 4 nitrogen and oxygen atoms in total. The van der Waals surface area contributed by atoms with Crippen molar-refractivity contribution in [1.29, 1.82) is 0 Å². The molecule has 2 heterocycles. The van der Waals surface area contributed by atoms with E-state index in [9.17, 15) is 0 Å². The quantitative estimate of drug-likeness (QED) is 0.866. The van der Waals surface area contributed by atoms with Crippen molar-refractivity contribution in [2.24, 2.45) is 0 Å². The Kier molecular flexibility index (Phi) is 4.20. The van der Waals surface area contributed by atoms with Crippen LogP contribution < -0.4 is 10.1 Å². The summed E-state index contributed by atoms with van der Waals surface area (Å²) in [7, 11) is 4.03. The van der Waals surface area contributed by atoms with Gasteiger partial charge < -0.3 is 15.0 Å². The average molecular weight is 235 g/mol. The van der Waals surface area contributed by atoms with Crippen LogP contribution in [0.1, 0.15) is 19.3 Å². The van der Waals surface area contributed by atoms with Gasteiger partial charge in [-0.05, 0) is 32.5 Å². The van der Waals surface area contributed by atoms with Crippen molar-refractivity contribution in [3.8, 4) is 5.88 Å². The van der Waals surface area contributed by atoms with Crippen LogP contribution in [0, 0.1) is 0 Å². The van der Waals surface area contributed by atoms with E-state index in [1.165, 1.54) is 25.8 Å². The minimum Gasteiger partial charge on any atom is -0.476 e. The van der Waals surface area contributed by atoms with Gasteiger partial charge in [0.05, 0.1) is 0 Å². The van der Waals surface area contributed by atoms with E-state index >= 15 is 0 Å². The molecule has 1 fully saturated rings. The van der Waals surface area contributed by atoms with Crippen molar-refractivity contribution >= 4 is 5.82 Å². The Morgan fingerprint density at radius 1 is 1.47 bits per heavy atom. The first kappa shape index (κ1) is 12.2. The van der Waals surface area contributed by atoms with Crippen LogP contribution >= 0.6 is 0 Å². The summed E-state index contributed by atoms with van der Waals surface area (Å²) >= 11 is 0. The van der Waals surface area contributed by atoms with E-state index in [0.717, 1.165) is 12.4 Å². The van der Waals surface area contributed by atoms with Crippen LogP contribution in [-0.2, 0) is 0 Å². The summed E-state index contributed by atoms with van der Waals surface area (Å²) in [6.45, 7) is 1.91. The van der Waals surface area contributed by atoms with Gasteiger partial charge in [-0.15, -0.1) is 0 Å². The Labute approximate surface area is 103 Å². The topological polar surface area (TPSA) is 37.4 Å². The third kappa shape index (κ3) is 3.33. The predicted octanol–water partition coefficient (Wildman–Crippen LogP) is 1.99. The number of likely N-dealkylation sites (N-methyl/N-ethyl adjacent to an activating group) is 1. The van der Waals surface area contributed by atoms with Gasteiger partial charge in [-0.1, -0.05) is 12.5 Å². The second-order valence-electron chi connectivity index (χ2n) is 4.55. The summed E-state index contributed by atoms with van der Waals surface area (Å²) in [6, 6.07) is 6.32. The number of aromatic nitrogens is 1. The molecule has 1 aliphatic rings. The van der Waals surface area contributed by atoms with Gasteiger partial charge in [-0.25, -0.2) is 0 Å². The Hall–Kier alpha value is -1.29. The van der Waals surface area contributed by atoms with Crippen LogP contribution in [0.5, 0.6) is 5.88 Å². The van der Waals surface area contributed by atoms with Gasteiger partial charge in [-0.2, -0.15) is 4.98 Å². The maximum Gasteiger partial charge on any atom is 0.215 e. The number of likely N-dealkylation sites (tertiary alicyclic amines) is 1. The van der Waals surface area contributed by atoms with E-state index in [2.05, 4.69) is 22.2 Å². The van der Waals surface area contributed by atoms with Crippen molar-refractivity contribution < 1.29 is 4.74 Å². The number of hydrogen-bond acceptors (Lipinski definition) is 4. The molecule has 1 aromatic heterocycles. The SMILES string of the molecule is CNc1cccc(OCC2CCCCN2C)n1. The van der Waals surface area contributed by atoms with E-state index in [0.29, 0.717) is 11.9 Å². The molecule has 0 spiro atoms. The lowest BCUT2D eigenvalue weighted by atomic mass is 10.0. The number of hydrogen-bond donors (Lipinski definition) is 1. The molecule has 4 heteroatoms. The van der Waals surface area contributed by atoms with E-state index in [4.69, 9.17) is 4.74 Å². The largest absolute Gasteiger partial charge is 0.476 e.